The number of hydrogen-bond donors (Lipinski definition) is 2. The van der Waals surface area contributed by atoms with Gasteiger partial charge in [-0.25, -0.2) is 0 Å². The number of carbonyl (C=O) groups excluding carboxylic acids is 1. The van der Waals surface area contributed by atoms with Gasteiger partial charge in [0.25, 0.3) is 5.91 Å². The number of carbonyl (C=O) groups is 1. The molecular formula is C18H21ClN2O3S. The van der Waals surface area contributed by atoms with Crippen molar-refractivity contribution in [3.63, 3.8) is 0 Å². The van der Waals surface area contributed by atoms with Gasteiger partial charge < -0.3 is 15.2 Å². The van der Waals surface area contributed by atoms with Gasteiger partial charge in [0.1, 0.15) is 0 Å². The van der Waals surface area contributed by atoms with Crippen LogP contribution in [0.4, 0.5) is 0 Å². The molecule has 1 saturated carbocycles. The van der Waals surface area contributed by atoms with Crippen molar-refractivity contribution in [1.29, 1.82) is 0 Å². The fraction of sp³-hybridized carbons (Fsp3) is 0.444. The summed E-state index contributed by atoms with van der Waals surface area (Å²) in [6.45, 7) is 2.24. The molecule has 0 spiro atoms. The van der Waals surface area contributed by atoms with Crippen molar-refractivity contribution in [2.75, 3.05) is 6.61 Å². The molecule has 1 aliphatic carbocycles. The van der Waals surface area contributed by atoms with Crippen molar-refractivity contribution in [3.05, 3.63) is 27.6 Å². The maximum atomic E-state index is 12.2. The number of hydrogen-bond acceptors (Lipinski definition) is 5. The van der Waals surface area contributed by atoms with E-state index < -0.39 is 0 Å². The molecule has 1 aromatic rings. The molecular weight excluding hydrogens is 360 g/mol. The van der Waals surface area contributed by atoms with Gasteiger partial charge in [-0.05, 0) is 55.3 Å². The lowest BCUT2D eigenvalue weighted by Gasteiger charge is -2.17. The van der Waals surface area contributed by atoms with E-state index in [0.717, 1.165) is 12.8 Å². The standard InChI is InChI=1S/C18H21ClN2O3S/c1-2-24-14-9-11(8-13(19)16(14)22)10-15-17(23)21-18(25-15)20-12-6-4-3-5-7-12/h8-10,12,22H,2-7H2,1H3,(H,20,21,23)/b15-10-. The number of nitrogens with one attached hydrogen (secondary N) is 1. The number of benzene rings is 1. The maximum Gasteiger partial charge on any atom is 0.264 e. The lowest BCUT2D eigenvalue weighted by atomic mass is 9.96. The van der Waals surface area contributed by atoms with Crippen LogP contribution in [0.2, 0.25) is 5.02 Å². The summed E-state index contributed by atoms with van der Waals surface area (Å²) in [5.74, 6) is 0.0526. The van der Waals surface area contributed by atoms with Crippen LogP contribution in [0, 0.1) is 0 Å². The Labute approximate surface area is 156 Å². The topological polar surface area (TPSA) is 70.9 Å². The quantitative estimate of drug-likeness (QED) is 0.762. The van der Waals surface area contributed by atoms with Crippen molar-refractivity contribution in [1.82, 2.24) is 5.32 Å². The first kappa shape index (κ1) is 18.1. The van der Waals surface area contributed by atoms with Crippen LogP contribution in [-0.4, -0.2) is 28.8 Å². The average Bonchev–Trinajstić information content (AvgIpc) is 2.92. The molecule has 0 atom stereocenters. The highest BCUT2D eigenvalue weighted by molar-refractivity contribution is 8.18. The fourth-order valence-electron chi connectivity index (χ4n) is 2.96. The van der Waals surface area contributed by atoms with E-state index in [1.165, 1.54) is 31.0 Å². The van der Waals surface area contributed by atoms with Crippen LogP contribution in [0.15, 0.2) is 22.0 Å². The highest BCUT2D eigenvalue weighted by Gasteiger charge is 2.25. The van der Waals surface area contributed by atoms with Gasteiger partial charge in [-0.2, -0.15) is 0 Å². The maximum absolute atomic E-state index is 12.2. The predicted octanol–water partition coefficient (Wildman–Crippen LogP) is 4.34. The second kappa shape index (κ2) is 8.15. The van der Waals surface area contributed by atoms with Crippen molar-refractivity contribution in [3.8, 4) is 11.5 Å². The fourth-order valence-corrected chi connectivity index (χ4v) is 4.07. The summed E-state index contributed by atoms with van der Waals surface area (Å²) in [5, 5.41) is 13.6. The number of rotatable bonds is 4. The smallest absolute Gasteiger partial charge is 0.264 e. The molecule has 2 aliphatic rings. The highest BCUT2D eigenvalue weighted by atomic mass is 35.5. The number of amides is 1. The van der Waals surface area contributed by atoms with Crippen molar-refractivity contribution in [2.45, 2.75) is 45.1 Å². The van der Waals surface area contributed by atoms with Gasteiger partial charge >= 0.3 is 0 Å². The first-order chi connectivity index (χ1) is 12.1. The van der Waals surface area contributed by atoms with Gasteiger partial charge in [-0.1, -0.05) is 30.9 Å². The number of aromatic hydroxyl groups is 1. The Morgan fingerprint density at radius 3 is 2.88 bits per heavy atom. The lowest BCUT2D eigenvalue weighted by Crippen LogP contribution is -2.22. The Kier molecular flexibility index (Phi) is 5.91. The summed E-state index contributed by atoms with van der Waals surface area (Å²) in [4.78, 5) is 17.4. The molecule has 2 fully saturated rings. The summed E-state index contributed by atoms with van der Waals surface area (Å²) in [6, 6.07) is 3.59. The number of aliphatic imine (C=N–C) groups is 1. The van der Waals surface area contributed by atoms with Gasteiger partial charge in [0.2, 0.25) is 0 Å². The summed E-state index contributed by atoms with van der Waals surface area (Å²) in [5.41, 5.74) is 0.697. The number of ether oxygens (including phenoxy) is 1. The molecule has 0 aromatic heterocycles. The van der Waals surface area contributed by atoms with E-state index in [4.69, 9.17) is 16.3 Å². The number of halogens is 1. The summed E-state index contributed by atoms with van der Waals surface area (Å²) in [7, 11) is 0. The van der Waals surface area contributed by atoms with Gasteiger partial charge in [-0.3, -0.25) is 9.79 Å². The Bertz CT molecular complexity index is 727. The number of thioether (sulfide) groups is 1. The Morgan fingerprint density at radius 1 is 1.40 bits per heavy atom. The number of phenols is 1. The molecule has 1 amide bonds. The molecule has 2 N–H and O–H groups in total. The minimum atomic E-state index is -0.165. The third-order valence-electron chi connectivity index (χ3n) is 4.17. The van der Waals surface area contributed by atoms with Crippen LogP contribution in [0.1, 0.15) is 44.6 Å². The monoisotopic (exact) mass is 380 g/mol. The number of amidine groups is 1. The van der Waals surface area contributed by atoms with Gasteiger partial charge in [-0.15, -0.1) is 0 Å². The Balaban J connectivity index is 1.79. The molecule has 5 nitrogen and oxygen atoms in total. The Hall–Kier alpha value is -1.66. The third kappa shape index (κ3) is 4.50. The Morgan fingerprint density at radius 2 is 2.16 bits per heavy atom. The van der Waals surface area contributed by atoms with E-state index in [0.29, 0.717) is 34.0 Å². The lowest BCUT2D eigenvalue weighted by molar-refractivity contribution is -0.115. The van der Waals surface area contributed by atoms with Gasteiger partial charge in [0, 0.05) is 0 Å². The van der Waals surface area contributed by atoms with E-state index in [1.54, 1.807) is 18.2 Å². The zero-order chi connectivity index (χ0) is 17.8. The molecule has 0 unspecified atom stereocenters. The molecule has 25 heavy (non-hydrogen) atoms. The molecule has 7 heteroatoms. The average molecular weight is 381 g/mol. The zero-order valence-corrected chi connectivity index (χ0v) is 15.6. The largest absolute Gasteiger partial charge is 0.503 e. The van der Waals surface area contributed by atoms with Crippen molar-refractivity contribution in [2.24, 2.45) is 4.99 Å². The van der Waals surface area contributed by atoms with Crippen LogP contribution in [0.25, 0.3) is 6.08 Å². The predicted molar refractivity (Wildman–Crippen MR) is 102 cm³/mol. The zero-order valence-electron chi connectivity index (χ0n) is 14.0. The molecule has 1 saturated heterocycles. The van der Waals surface area contributed by atoms with Crippen molar-refractivity contribution >= 4 is 40.5 Å². The third-order valence-corrected chi connectivity index (χ3v) is 5.39. The first-order valence-electron chi connectivity index (χ1n) is 8.51. The molecule has 134 valence electrons. The van der Waals surface area contributed by atoms with Crippen LogP contribution in [0.3, 0.4) is 0 Å². The molecule has 3 rings (SSSR count). The van der Waals surface area contributed by atoms with Crippen LogP contribution in [0.5, 0.6) is 11.5 Å². The van der Waals surface area contributed by atoms with Gasteiger partial charge in [0.05, 0.1) is 22.6 Å². The molecule has 1 aliphatic heterocycles. The normalized spacial score (nSPS) is 21.8. The van der Waals surface area contributed by atoms with Crippen LogP contribution in [-0.2, 0) is 4.79 Å². The second-order valence-corrected chi connectivity index (χ2v) is 7.51. The second-order valence-electron chi connectivity index (χ2n) is 6.07. The summed E-state index contributed by atoms with van der Waals surface area (Å²) in [6.07, 6.45) is 7.59. The molecule has 0 radical (unpaired) electrons. The van der Waals surface area contributed by atoms with Gasteiger partial charge in [0.15, 0.2) is 16.7 Å². The molecule has 0 bridgehead atoms. The van der Waals surface area contributed by atoms with Crippen LogP contribution >= 0.6 is 23.4 Å². The molecule has 1 heterocycles. The summed E-state index contributed by atoms with van der Waals surface area (Å²) < 4.78 is 5.38. The van der Waals surface area contributed by atoms with E-state index in [2.05, 4.69) is 10.3 Å². The highest BCUT2D eigenvalue weighted by Crippen LogP contribution is 2.37. The SMILES string of the molecule is CCOc1cc(/C=C2\SC(=NC3CCCCC3)NC2=O)cc(Cl)c1O. The summed E-state index contributed by atoms with van der Waals surface area (Å²) >= 11 is 7.38. The van der Waals surface area contributed by atoms with E-state index in [9.17, 15) is 9.90 Å². The van der Waals surface area contributed by atoms with E-state index in [1.807, 2.05) is 6.92 Å². The first-order valence-corrected chi connectivity index (χ1v) is 9.70. The van der Waals surface area contributed by atoms with Crippen LogP contribution < -0.4 is 10.1 Å². The minimum absolute atomic E-state index is 0.0891. The number of phenolic OH excluding ortho intramolecular Hbond substituents is 1. The molecule has 1 aromatic carbocycles. The van der Waals surface area contributed by atoms with E-state index >= 15 is 0 Å². The number of nitrogens with zero attached hydrogens (tertiary/aromatic N) is 1. The van der Waals surface area contributed by atoms with E-state index in [-0.39, 0.29) is 16.7 Å². The minimum Gasteiger partial charge on any atom is -0.503 e. The van der Waals surface area contributed by atoms with Crippen molar-refractivity contribution < 1.29 is 14.6 Å².